The van der Waals surface area contributed by atoms with E-state index in [9.17, 15) is 0 Å². The lowest BCUT2D eigenvalue weighted by Gasteiger charge is -2.24. The van der Waals surface area contributed by atoms with Gasteiger partial charge in [0, 0.05) is 0 Å². The summed E-state index contributed by atoms with van der Waals surface area (Å²) in [5, 5.41) is 3.23. The van der Waals surface area contributed by atoms with Gasteiger partial charge < -0.3 is 5.32 Å². The predicted molar refractivity (Wildman–Crippen MR) is 51.7 cm³/mol. The average Bonchev–Trinajstić information content (AvgIpc) is 2.02. The summed E-state index contributed by atoms with van der Waals surface area (Å²) in [7, 11) is 2.03. The van der Waals surface area contributed by atoms with Crippen LogP contribution in [0.4, 0.5) is 0 Å². The third-order valence-electron chi connectivity index (χ3n) is 2.97. The minimum absolute atomic E-state index is 0.801. The monoisotopic (exact) mass is 157 g/mol. The van der Waals surface area contributed by atoms with Crippen molar-refractivity contribution in [1.29, 1.82) is 0 Å². The molecular weight excluding hydrogens is 134 g/mol. The lowest BCUT2D eigenvalue weighted by molar-refractivity contribution is 0.269. The van der Waals surface area contributed by atoms with E-state index in [4.69, 9.17) is 0 Å². The number of nitrogens with one attached hydrogen (secondary N) is 1. The summed E-state index contributed by atoms with van der Waals surface area (Å²) in [6.45, 7) is 10.4. The molecule has 0 aromatic carbocycles. The van der Waals surface area contributed by atoms with Gasteiger partial charge >= 0.3 is 0 Å². The van der Waals surface area contributed by atoms with Crippen molar-refractivity contribution in [3.05, 3.63) is 0 Å². The molecule has 1 heteroatoms. The highest BCUT2D eigenvalue weighted by atomic mass is 14.8. The smallest absolute Gasteiger partial charge is 0.00235 e. The van der Waals surface area contributed by atoms with Gasteiger partial charge in [0.25, 0.3) is 0 Å². The first-order chi connectivity index (χ1) is 5.13. The van der Waals surface area contributed by atoms with Crippen LogP contribution in [-0.2, 0) is 0 Å². The maximum atomic E-state index is 3.23. The van der Waals surface area contributed by atoms with Crippen molar-refractivity contribution in [3.8, 4) is 0 Å². The molecule has 0 fully saturated rings. The van der Waals surface area contributed by atoms with Crippen LogP contribution in [0.2, 0.25) is 0 Å². The predicted octanol–water partition coefficient (Wildman–Crippen LogP) is 2.52. The maximum Gasteiger partial charge on any atom is -0.00235 e. The zero-order valence-corrected chi connectivity index (χ0v) is 8.65. The molecule has 1 nitrogen and oxygen atoms in total. The molecule has 0 bridgehead atoms. The standard InChI is InChI=1S/C10H23N/c1-6-8(2)10(4)9(3)7-11-5/h8-11H,6-7H2,1-5H3. The van der Waals surface area contributed by atoms with Crippen LogP contribution in [0.3, 0.4) is 0 Å². The highest BCUT2D eigenvalue weighted by Gasteiger charge is 2.16. The van der Waals surface area contributed by atoms with Gasteiger partial charge in [-0.3, -0.25) is 0 Å². The van der Waals surface area contributed by atoms with Gasteiger partial charge in [0.05, 0.1) is 0 Å². The van der Waals surface area contributed by atoms with Gasteiger partial charge in [-0.05, 0) is 31.3 Å². The fourth-order valence-electron chi connectivity index (χ4n) is 1.44. The first-order valence-corrected chi connectivity index (χ1v) is 4.78. The van der Waals surface area contributed by atoms with Gasteiger partial charge in [0.2, 0.25) is 0 Å². The Kier molecular flexibility index (Phi) is 5.57. The topological polar surface area (TPSA) is 12.0 Å². The number of rotatable bonds is 5. The van der Waals surface area contributed by atoms with Crippen molar-refractivity contribution in [2.24, 2.45) is 17.8 Å². The van der Waals surface area contributed by atoms with Crippen LogP contribution in [0, 0.1) is 17.8 Å². The highest BCUT2D eigenvalue weighted by Crippen LogP contribution is 2.22. The van der Waals surface area contributed by atoms with E-state index < -0.39 is 0 Å². The maximum absolute atomic E-state index is 3.23. The highest BCUT2D eigenvalue weighted by molar-refractivity contribution is 4.68. The van der Waals surface area contributed by atoms with Crippen LogP contribution >= 0.6 is 0 Å². The molecule has 0 aliphatic heterocycles. The largest absolute Gasteiger partial charge is 0.319 e. The van der Waals surface area contributed by atoms with E-state index in [0.29, 0.717) is 0 Å². The molecule has 0 rings (SSSR count). The Morgan fingerprint density at radius 3 is 2.00 bits per heavy atom. The average molecular weight is 157 g/mol. The molecule has 0 aromatic rings. The Balaban J connectivity index is 3.70. The first kappa shape index (κ1) is 11.0. The van der Waals surface area contributed by atoms with E-state index in [1.807, 2.05) is 7.05 Å². The van der Waals surface area contributed by atoms with Crippen LogP contribution in [0.15, 0.2) is 0 Å². The van der Waals surface area contributed by atoms with E-state index >= 15 is 0 Å². The second-order valence-corrected chi connectivity index (χ2v) is 3.78. The Bertz CT molecular complexity index is 90.9. The third kappa shape index (κ3) is 3.76. The van der Waals surface area contributed by atoms with Crippen LogP contribution in [0.5, 0.6) is 0 Å². The Labute approximate surface area is 71.6 Å². The zero-order valence-electron chi connectivity index (χ0n) is 8.65. The SMILES string of the molecule is CCC(C)C(C)C(C)CNC. The third-order valence-corrected chi connectivity index (χ3v) is 2.97. The van der Waals surface area contributed by atoms with E-state index in [2.05, 4.69) is 33.0 Å². The van der Waals surface area contributed by atoms with Gasteiger partial charge in [-0.2, -0.15) is 0 Å². The van der Waals surface area contributed by atoms with E-state index in [1.165, 1.54) is 6.42 Å². The van der Waals surface area contributed by atoms with E-state index in [0.717, 1.165) is 24.3 Å². The van der Waals surface area contributed by atoms with Gasteiger partial charge in [-0.25, -0.2) is 0 Å². The summed E-state index contributed by atoms with van der Waals surface area (Å²) in [4.78, 5) is 0. The van der Waals surface area contributed by atoms with E-state index in [1.54, 1.807) is 0 Å². The fourth-order valence-corrected chi connectivity index (χ4v) is 1.44. The van der Waals surface area contributed by atoms with Crippen molar-refractivity contribution in [2.75, 3.05) is 13.6 Å². The second kappa shape index (κ2) is 5.59. The lowest BCUT2D eigenvalue weighted by Crippen LogP contribution is -2.25. The molecule has 0 spiro atoms. The molecule has 0 heterocycles. The molecule has 0 aromatic heterocycles. The molecule has 0 aliphatic carbocycles. The molecule has 0 amide bonds. The second-order valence-electron chi connectivity index (χ2n) is 3.78. The molecule has 1 N–H and O–H groups in total. The molecule has 68 valence electrons. The fraction of sp³-hybridized carbons (Fsp3) is 1.00. The summed E-state index contributed by atoms with van der Waals surface area (Å²) in [6.07, 6.45) is 1.30. The number of hydrogen-bond acceptors (Lipinski definition) is 1. The number of hydrogen-bond donors (Lipinski definition) is 1. The van der Waals surface area contributed by atoms with Crippen molar-refractivity contribution in [3.63, 3.8) is 0 Å². The van der Waals surface area contributed by atoms with Crippen LogP contribution < -0.4 is 5.32 Å². The molecule has 11 heavy (non-hydrogen) atoms. The van der Waals surface area contributed by atoms with Crippen LogP contribution in [0.25, 0.3) is 0 Å². The van der Waals surface area contributed by atoms with E-state index in [-0.39, 0.29) is 0 Å². The van der Waals surface area contributed by atoms with Gasteiger partial charge in [0.15, 0.2) is 0 Å². The summed E-state index contributed by atoms with van der Waals surface area (Å²) in [5.41, 5.74) is 0. The van der Waals surface area contributed by atoms with Gasteiger partial charge in [-0.1, -0.05) is 34.1 Å². The summed E-state index contributed by atoms with van der Waals surface area (Å²) >= 11 is 0. The van der Waals surface area contributed by atoms with Crippen LogP contribution in [0.1, 0.15) is 34.1 Å². The minimum atomic E-state index is 0.801. The Hall–Kier alpha value is -0.0400. The molecule has 0 aliphatic rings. The van der Waals surface area contributed by atoms with Crippen molar-refractivity contribution < 1.29 is 0 Å². The summed E-state index contributed by atoms with van der Waals surface area (Å²) < 4.78 is 0. The van der Waals surface area contributed by atoms with Gasteiger partial charge in [-0.15, -0.1) is 0 Å². The molecule has 0 radical (unpaired) electrons. The lowest BCUT2D eigenvalue weighted by atomic mass is 9.83. The van der Waals surface area contributed by atoms with Crippen molar-refractivity contribution >= 4 is 0 Å². The Morgan fingerprint density at radius 1 is 1.09 bits per heavy atom. The molecule has 0 saturated heterocycles. The van der Waals surface area contributed by atoms with Crippen molar-refractivity contribution in [2.45, 2.75) is 34.1 Å². The summed E-state index contributed by atoms with van der Waals surface area (Å²) in [5.74, 6) is 2.50. The van der Waals surface area contributed by atoms with Crippen molar-refractivity contribution in [1.82, 2.24) is 5.32 Å². The normalized spacial score (nSPS) is 19.4. The zero-order chi connectivity index (χ0) is 8.85. The van der Waals surface area contributed by atoms with Gasteiger partial charge in [0.1, 0.15) is 0 Å². The Morgan fingerprint density at radius 2 is 1.64 bits per heavy atom. The molecular formula is C10H23N. The molecule has 0 saturated carbocycles. The quantitative estimate of drug-likeness (QED) is 0.646. The first-order valence-electron chi connectivity index (χ1n) is 4.78. The summed E-state index contributed by atoms with van der Waals surface area (Å²) in [6, 6.07) is 0. The van der Waals surface area contributed by atoms with Crippen LogP contribution in [-0.4, -0.2) is 13.6 Å². The minimum Gasteiger partial charge on any atom is -0.319 e. The molecule has 3 atom stereocenters. The molecule has 3 unspecified atom stereocenters.